The fourth-order valence-corrected chi connectivity index (χ4v) is 2.88. The third-order valence-corrected chi connectivity index (χ3v) is 4.09. The molecule has 3 rings (SSSR count). The average molecular weight is 323 g/mol. The quantitative estimate of drug-likeness (QED) is 0.877. The zero-order chi connectivity index (χ0) is 13.4. The highest BCUT2D eigenvalue weighted by molar-refractivity contribution is 9.10. The summed E-state index contributed by atoms with van der Waals surface area (Å²) >= 11 is 3.44. The van der Waals surface area contributed by atoms with Crippen LogP contribution in [0, 0.1) is 0 Å². The van der Waals surface area contributed by atoms with Crippen LogP contribution in [0.5, 0.6) is 0 Å². The molecule has 1 aliphatic heterocycles. The Morgan fingerprint density at radius 3 is 3.11 bits per heavy atom. The van der Waals surface area contributed by atoms with Gasteiger partial charge in [0.25, 0.3) is 5.91 Å². The molecule has 19 heavy (non-hydrogen) atoms. The lowest BCUT2D eigenvalue weighted by Gasteiger charge is -2.33. The van der Waals surface area contributed by atoms with Crippen LogP contribution in [-0.2, 0) is 0 Å². The molecule has 0 unspecified atom stereocenters. The van der Waals surface area contributed by atoms with Gasteiger partial charge in [0.05, 0.1) is 4.47 Å². The molecule has 0 radical (unpaired) electrons. The number of carbonyl (C=O) groups is 1. The van der Waals surface area contributed by atoms with Gasteiger partial charge in [0.2, 0.25) is 0 Å². The van der Waals surface area contributed by atoms with E-state index in [0.29, 0.717) is 5.76 Å². The first-order chi connectivity index (χ1) is 9.16. The molecule has 0 saturated carbocycles. The fourth-order valence-electron chi connectivity index (χ4n) is 2.42. The molecule has 1 amide bonds. The minimum Gasteiger partial charge on any atom is -0.450 e. The summed E-state index contributed by atoms with van der Waals surface area (Å²) in [4.78, 5) is 14.3. The van der Waals surface area contributed by atoms with Crippen molar-refractivity contribution in [2.45, 2.75) is 13.0 Å². The molecule has 1 fully saturated rings. The SMILES string of the molecule is C[C@H]1CNCCN1C(=O)c1cc2cccc(Br)c2o1. The third kappa shape index (κ3) is 2.28. The summed E-state index contributed by atoms with van der Waals surface area (Å²) in [5, 5.41) is 4.22. The van der Waals surface area contributed by atoms with Crippen molar-refractivity contribution in [3.05, 3.63) is 34.5 Å². The van der Waals surface area contributed by atoms with Crippen molar-refractivity contribution in [3.63, 3.8) is 0 Å². The molecule has 2 heterocycles. The van der Waals surface area contributed by atoms with Crippen molar-refractivity contribution < 1.29 is 9.21 Å². The van der Waals surface area contributed by atoms with Crippen LogP contribution < -0.4 is 5.32 Å². The van der Waals surface area contributed by atoms with E-state index in [2.05, 4.69) is 21.2 Å². The number of amides is 1. The summed E-state index contributed by atoms with van der Waals surface area (Å²) in [6.07, 6.45) is 0. The van der Waals surface area contributed by atoms with E-state index in [1.54, 1.807) is 0 Å². The van der Waals surface area contributed by atoms with Gasteiger partial charge in [-0.05, 0) is 35.0 Å². The van der Waals surface area contributed by atoms with Crippen LogP contribution in [0.2, 0.25) is 0 Å². The molecule has 2 aromatic rings. The van der Waals surface area contributed by atoms with E-state index in [9.17, 15) is 4.79 Å². The number of halogens is 1. The first-order valence-electron chi connectivity index (χ1n) is 6.36. The highest BCUT2D eigenvalue weighted by Crippen LogP contribution is 2.27. The van der Waals surface area contributed by atoms with Gasteiger partial charge in [-0.2, -0.15) is 0 Å². The molecule has 100 valence electrons. The number of hydrogen-bond acceptors (Lipinski definition) is 3. The van der Waals surface area contributed by atoms with Crippen molar-refractivity contribution in [3.8, 4) is 0 Å². The van der Waals surface area contributed by atoms with Crippen molar-refractivity contribution in [1.29, 1.82) is 0 Å². The second kappa shape index (κ2) is 4.98. The standard InChI is InChI=1S/C14H15BrN2O2/c1-9-8-16-5-6-17(9)14(18)12-7-10-3-2-4-11(15)13(10)19-12/h2-4,7,9,16H,5-6,8H2,1H3/t9-/m0/s1. The normalized spacial score (nSPS) is 19.9. The third-order valence-electron chi connectivity index (χ3n) is 3.47. The van der Waals surface area contributed by atoms with E-state index < -0.39 is 0 Å². The Morgan fingerprint density at radius 1 is 1.53 bits per heavy atom. The van der Waals surface area contributed by atoms with Crippen LogP contribution in [-0.4, -0.2) is 36.5 Å². The predicted molar refractivity (Wildman–Crippen MR) is 77.3 cm³/mol. The maximum absolute atomic E-state index is 12.5. The molecule has 1 aromatic heterocycles. The lowest BCUT2D eigenvalue weighted by atomic mass is 10.2. The van der Waals surface area contributed by atoms with Gasteiger partial charge in [-0.3, -0.25) is 4.79 Å². The van der Waals surface area contributed by atoms with Gasteiger partial charge in [0, 0.05) is 31.1 Å². The minimum atomic E-state index is -0.0305. The second-order valence-corrected chi connectivity index (χ2v) is 5.67. The van der Waals surface area contributed by atoms with Crippen LogP contribution in [0.3, 0.4) is 0 Å². The number of rotatable bonds is 1. The summed E-state index contributed by atoms with van der Waals surface area (Å²) in [5.74, 6) is 0.382. The molecule has 1 aliphatic rings. The van der Waals surface area contributed by atoms with Gasteiger partial charge < -0.3 is 14.6 Å². The molecule has 0 spiro atoms. The van der Waals surface area contributed by atoms with E-state index in [1.807, 2.05) is 36.1 Å². The molecule has 0 aliphatic carbocycles. The number of nitrogens with zero attached hydrogens (tertiary/aromatic N) is 1. The minimum absolute atomic E-state index is 0.0305. The number of fused-ring (bicyclic) bond motifs is 1. The van der Waals surface area contributed by atoms with E-state index in [4.69, 9.17) is 4.42 Å². The van der Waals surface area contributed by atoms with Gasteiger partial charge in [-0.1, -0.05) is 12.1 Å². The van der Waals surface area contributed by atoms with E-state index in [0.717, 1.165) is 35.1 Å². The number of piperazine rings is 1. The van der Waals surface area contributed by atoms with Crippen LogP contribution in [0.1, 0.15) is 17.5 Å². The molecule has 0 bridgehead atoms. The number of para-hydroxylation sites is 1. The van der Waals surface area contributed by atoms with Gasteiger partial charge in [0.1, 0.15) is 5.58 Å². The van der Waals surface area contributed by atoms with Crippen LogP contribution in [0.4, 0.5) is 0 Å². The Kier molecular flexibility index (Phi) is 3.33. The number of carbonyl (C=O) groups excluding carboxylic acids is 1. The Labute approximate surface area is 119 Å². The molecular weight excluding hydrogens is 308 g/mol. The van der Waals surface area contributed by atoms with Crippen LogP contribution in [0.25, 0.3) is 11.0 Å². The first kappa shape index (κ1) is 12.7. The molecule has 4 nitrogen and oxygen atoms in total. The molecular formula is C14H15BrN2O2. The summed E-state index contributed by atoms with van der Waals surface area (Å²) in [6.45, 7) is 4.43. The first-order valence-corrected chi connectivity index (χ1v) is 7.16. The molecule has 1 N–H and O–H groups in total. The predicted octanol–water partition coefficient (Wildman–Crippen LogP) is 2.63. The zero-order valence-electron chi connectivity index (χ0n) is 10.6. The second-order valence-electron chi connectivity index (χ2n) is 4.82. The van der Waals surface area contributed by atoms with Crippen molar-refractivity contribution >= 4 is 32.8 Å². The number of hydrogen-bond donors (Lipinski definition) is 1. The van der Waals surface area contributed by atoms with Gasteiger partial charge in [-0.25, -0.2) is 0 Å². The van der Waals surface area contributed by atoms with E-state index in [-0.39, 0.29) is 11.9 Å². The Bertz CT molecular complexity index is 623. The average Bonchev–Trinajstić information content (AvgIpc) is 2.84. The lowest BCUT2D eigenvalue weighted by molar-refractivity contribution is 0.0625. The lowest BCUT2D eigenvalue weighted by Crippen LogP contribution is -2.52. The fraction of sp³-hybridized carbons (Fsp3) is 0.357. The van der Waals surface area contributed by atoms with Gasteiger partial charge >= 0.3 is 0 Å². The molecule has 1 saturated heterocycles. The maximum atomic E-state index is 12.5. The topological polar surface area (TPSA) is 45.5 Å². The Balaban J connectivity index is 1.95. The number of furan rings is 1. The molecule has 1 aromatic carbocycles. The molecule has 5 heteroatoms. The number of nitrogens with one attached hydrogen (secondary N) is 1. The van der Waals surface area contributed by atoms with E-state index in [1.165, 1.54) is 0 Å². The monoisotopic (exact) mass is 322 g/mol. The Hall–Kier alpha value is -1.33. The smallest absolute Gasteiger partial charge is 0.289 e. The van der Waals surface area contributed by atoms with E-state index >= 15 is 0 Å². The van der Waals surface area contributed by atoms with Crippen molar-refractivity contribution in [1.82, 2.24) is 10.2 Å². The van der Waals surface area contributed by atoms with Crippen molar-refractivity contribution in [2.24, 2.45) is 0 Å². The highest BCUT2D eigenvalue weighted by atomic mass is 79.9. The summed E-state index contributed by atoms with van der Waals surface area (Å²) < 4.78 is 6.58. The maximum Gasteiger partial charge on any atom is 0.289 e. The zero-order valence-corrected chi connectivity index (χ0v) is 12.2. The highest BCUT2D eigenvalue weighted by Gasteiger charge is 2.26. The molecule has 1 atom stereocenters. The van der Waals surface area contributed by atoms with Gasteiger partial charge in [0.15, 0.2) is 5.76 Å². The Morgan fingerprint density at radius 2 is 2.37 bits per heavy atom. The van der Waals surface area contributed by atoms with Crippen LogP contribution >= 0.6 is 15.9 Å². The summed E-state index contributed by atoms with van der Waals surface area (Å²) in [7, 11) is 0. The number of benzene rings is 1. The van der Waals surface area contributed by atoms with Crippen LogP contribution in [0.15, 0.2) is 33.2 Å². The van der Waals surface area contributed by atoms with Crippen molar-refractivity contribution in [2.75, 3.05) is 19.6 Å². The summed E-state index contributed by atoms with van der Waals surface area (Å²) in [5.41, 5.74) is 0.730. The van der Waals surface area contributed by atoms with Gasteiger partial charge in [-0.15, -0.1) is 0 Å². The summed E-state index contributed by atoms with van der Waals surface area (Å²) in [6, 6.07) is 7.80. The largest absolute Gasteiger partial charge is 0.450 e.